The summed E-state index contributed by atoms with van der Waals surface area (Å²) in [5, 5.41) is 2.77. The van der Waals surface area contributed by atoms with Crippen LogP contribution in [0, 0.1) is 13.8 Å². The first-order chi connectivity index (χ1) is 10.7. The third-order valence-corrected chi connectivity index (χ3v) is 3.19. The van der Waals surface area contributed by atoms with Crippen molar-refractivity contribution in [2.75, 3.05) is 19.8 Å². The Bertz CT molecular complexity index is 591. The van der Waals surface area contributed by atoms with Gasteiger partial charge in [-0.05, 0) is 37.1 Å². The van der Waals surface area contributed by atoms with E-state index in [4.69, 9.17) is 9.47 Å². The van der Waals surface area contributed by atoms with Crippen molar-refractivity contribution in [2.45, 2.75) is 13.8 Å². The summed E-state index contributed by atoms with van der Waals surface area (Å²) in [4.78, 5) is 11.8. The largest absolute Gasteiger partial charge is 0.492 e. The minimum absolute atomic E-state index is 0.0109. The summed E-state index contributed by atoms with van der Waals surface area (Å²) in [7, 11) is 0. The van der Waals surface area contributed by atoms with Crippen LogP contribution in [0.2, 0.25) is 0 Å². The van der Waals surface area contributed by atoms with Crippen LogP contribution in [-0.4, -0.2) is 25.7 Å². The van der Waals surface area contributed by atoms with Gasteiger partial charge in [-0.1, -0.05) is 36.4 Å². The average molecular weight is 299 g/mol. The van der Waals surface area contributed by atoms with Gasteiger partial charge in [-0.25, -0.2) is 0 Å². The molecule has 0 aromatic heterocycles. The fourth-order valence-corrected chi connectivity index (χ4v) is 2.09. The highest BCUT2D eigenvalue weighted by Gasteiger charge is 2.06. The smallest absolute Gasteiger partial charge is 0.258 e. The van der Waals surface area contributed by atoms with Gasteiger partial charge in [0.05, 0.1) is 6.54 Å². The fourth-order valence-electron chi connectivity index (χ4n) is 2.09. The molecule has 0 bridgehead atoms. The molecule has 0 aliphatic rings. The van der Waals surface area contributed by atoms with Crippen LogP contribution in [0.3, 0.4) is 0 Å². The summed E-state index contributed by atoms with van der Waals surface area (Å²) in [6.07, 6.45) is 0. The molecule has 0 unspecified atom stereocenters. The average Bonchev–Trinajstić information content (AvgIpc) is 2.52. The molecule has 0 spiro atoms. The number of carbonyl (C=O) groups is 1. The van der Waals surface area contributed by atoms with Gasteiger partial charge < -0.3 is 14.8 Å². The predicted molar refractivity (Wildman–Crippen MR) is 86.4 cm³/mol. The molecule has 2 aromatic carbocycles. The lowest BCUT2D eigenvalue weighted by Gasteiger charge is -2.12. The van der Waals surface area contributed by atoms with Gasteiger partial charge in [0.15, 0.2) is 6.61 Å². The van der Waals surface area contributed by atoms with Gasteiger partial charge in [0, 0.05) is 0 Å². The van der Waals surface area contributed by atoms with Crippen LogP contribution < -0.4 is 14.8 Å². The maximum atomic E-state index is 11.8. The van der Waals surface area contributed by atoms with Crippen molar-refractivity contribution in [3.8, 4) is 11.5 Å². The minimum atomic E-state index is -0.153. The second-order valence-electron chi connectivity index (χ2n) is 5.02. The Morgan fingerprint density at radius 2 is 1.64 bits per heavy atom. The van der Waals surface area contributed by atoms with Crippen molar-refractivity contribution in [1.82, 2.24) is 5.32 Å². The third-order valence-electron chi connectivity index (χ3n) is 3.19. The predicted octanol–water partition coefficient (Wildman–Crippen LogP) is 2.88. The molecule has 0 saturated carbocycles. The van der Waals surface area contributed by atoms with Gasteiger partial charge in [0.1, 0.15) is 18.1 Å². The number of hydrogen-bond acceptors (Lipinski definition) is 3. The summed E-state index contributed by atoms with van der Waals surface area (Å²) in [6, 6.07) is 15.4. The zero-order valence-corrected chi connectivity index (χ0v) is 13.0. The second-order valence-corrected chi connectivity index (χ2v) is 5.02. The normalized spacial score (nSPS) is 10.1. The Labute approximate surface area is 131 Å². The van der Waals surface area contributed by atoms with Crippen LogP contribution in [-0.2, 0) is 4.79 Å². The Hall–Kier alpha value is -2.49. The van der Waals surface area contributed by atoms with Crippen molar-refractivity contribution in [3.05, 3.63) is 59.7 Å². The quantitative estimate of drug-likeness (QED) is 0.800. The van der Waals surface area contributed by atoms with Crippen LogP contribution in [0.15, 0.2) is 48.5 Å². The molecule has 1 N–H and O–H groups in total. The van der Waals surface area contributed by atoms with Crippen molar-refractivity contribution in [3.63, 3.8) is 0 Å². The molecule has 0 fully saturated rings. The SMILES string of the molecule is Cc1cccc(C)c1OCC(=O)NCCOc1ccccc1. The number of benzene rings is 2. The molecule has 22 heavy (non-hydrogen) atoms. The van der Waals surface area contributed by atoms with E-state index < -0.39 is 0 Å². The van der Waals surface area contributed by atoms with E-state index in [1.165, 1.54) is 0 Å². The number of ether oxygens (including phenoxy) is 2. The molecule has 2 aromatic rings. The number of amides is 1. The lowest BCUT2D eigenvalue weighted by Crippen LogP contribution is -2.32. The highest BCUT2D eigenvalue weighted by Crippen LogP contribution is 2.21. The highest BCUT2D eigenvalue weighted by molar-refractivity contribution is 5.77. The van der Waals surface area contributed by atoms with E-state index >= 15 is 0 Å². The summed E-state index contributed by atoms with van der Waals surface area (Å²) >= 11 is 0. The second kappa shape index (κ2) is 8.08. The molecular formula is C18H21NO3. The number of nitrogens with one attached hydrogen (secondary N) is 1. The number of carbonyl (C=O) groups excluding carboxylic acids is 1. The molecule has 0 radical (unpaired) electrons. The molecule has 116 valence electrons. The molecule has 0 saturated heterocycles. The molecule has 1 amide bonds. The van der Waals surface area contributed by atoms with E-state index in [1.807, 2.05) is 62.4 Å². The standard InChI is InChI=1S/C18H21NO3/c1-14-7-6-8-15(2)18(14)22-13-17(20)19-11-12-21-16-9-4-3-5-10-16/h3-10H,11-13H2,1-2H3,(H,19,20). The van der Waals surface area contributed by atoms with E-state index in [1.54, 1.807) is 0 Å². The van der Waals surface area contributed by atoms with Crippen molar-refractivity contribution < 1.29 is 14.3 Å². The van der Waals surface area contributed by atoms with E-state index in [0.29, 0.717) is 13.2 Å². The Kier molecular flexibility index (Phi) is 5.83. The third kappa shape index (κ3) is 4.81. The number of aryl methyl sites for hydroxylation is 2. The van der Waals surface area contributed by atoms with Crippen molar-refractivity contribution >= 4 is 5.91 Å². The van der Waals surface area contributed by atoms with Crippen molar-refractivity contribution in [1.29, 1.82) is 0 Å². The van der Waals surface area contributed by atoms with E-state index in [-0.39, 0.29) is 12.5 Å². The zero-order chi connectivity index (χ0) is 15.8. The fraction of sp³-hybridized carbons (Fsp3) is 0.278. The number of rotatable bonds is 7. The first kappa shape index (κ1) is 15.9. The lowest BCUT2D eigenvalue weighted by molar-refractivity contribution is -0.123. The molecule has 0 aliphatic carbocycles. The molecule has 4 nitrogen and oxygen atoms in total. The summed E-state index contributed by atoms with van der Waals surface area (Å²) < 4.78 is 11.1. The van der Waals surface area contributed by atoms with Crippen LogP contribution in [0.4, 0.5) is 0 Å². The first-order valence-electron chi connectivity index (χ1n) is 7.30. The van der Waals surface area contributed by atoms with Gasteiger partial charge in [0.25, 0.3) is 5.91 Å². The maximum absolute atomic E-state index is 11.8. The molecule has 0 heterocycles. The monoisotopic (exact) mass is 299 g/mol. The summed E-state index contributed by atoms with van der Waals surface area (Å²) in [6.45, 7) is 4.82. The van der Waals surface area contributed by atoms with E-state index in [2.05, 4.69) is 5.32 Å². The van der Waals surface area contributed by atoms with Crippen molar-refractivity contribution in [2.24, 2.45) is 0 Å². The van der Waals surface area contributed by atoms with Gasteiger partial charge in [-0.15, -0.1) is 0 Å². The molecule has 4 heteroatoms. The highest BCUT2D eigenvalue weighted by atomic mass is 16.5. The molecule has 0 aliphatic heterocycles. The Balaban J connectivity index is 1.68. The van der Waals surface area contributed by atoms with E-state index in [0.717, 1.165) is 22.6 Å². The number of para-hydroxylation sites is 2. The summed E-state index contributed by atoms with van der Waals surface area (Å²) in [5.41, 5.74) is 2.06. The van der Waals surface area contributed by atoms with Crippen LogP contribution in [0.1, 0.15) is 11.1 Å². The van der Waals surface area contributed by atoms with Gasteiger partial charge in [-0.2, -0.15) is 0 Å². The van der Waals surface area contributed by atoms with Crippen LogP contribution in [0.5, 0.6) is 11.5 Å². The molecular weight excluding hydrogens is 278 g/mol. The lowest BCUT2D eigenvalue weighted by atomic mass is 10.1. The van der Waals surface area contributed by atoms with E-state index in [9.17, 15) is 4.79 Å². The van der Waals surface area contributed by atoms with Crippen LogP contribution >= 0.6 is 0 Å². The zero-order valence-electron chi connectivity index (χ0n) is 13.0. The summed E-state index contributed by atoms with van der Waals surface area (Å²) in [5.74, 6) is 1.42. The minimum Gasteiger partial charge on any atom is -0.492 e. The van der Waals surface area contributed by atoms with Crippen LogP contribution in [0.25, 0.3) is 0 Å². The van der Waals surface area contributed by atoms with Gasteiger partial charge in [-0.3, -0.25) is 4.79 Å². The first-order valence-corrected chi connectivity index (χ1v) is 7.30. The maximum Gasteiger partial charge on any atom is 0.258 e. The van der Waals surface area contributed by atoms with Gasteiger partial charge in [0.2, 0.25) is 0 Å². The topological polar surface area (TPSA) is 47.6 Å². The number of hydrogen-bond donors (Lipinski definition) is 1. The molecule has 2 rings (SSSR count). The van der Waals surface area contributed by atoms with Gasteiger partial charge >= 0.3 is 0 Å². The molecule has 0 atom stereocenters. The Morgan fingerprint density at radius 1 is 0.955 bits per heavy atom. The Morgan fingerprint density at radius 3 is 2.32 bits per heavy atom.